The summed E-state index contributed by atoms with van der Waals surface area (Å²) >= 11 is 6.41. The minimum Gasteiger partial charge on any atom is -0.488 e. The van der Waals surface area contributed by atoms with Gasteiger partial charge < -0.3 is 35.5 Å². The molecule has 0 aliphatic carbocycles. The van der Waals surface area contributed by atoms with E-state index in [1.165, 1.54) is 37.3 Å². The van der Waals surface area contributed by atoms with Crippen LogP contribution in [-0.4, -0.2) is 50.4 Å². The number of aryl methyl sites for hydroxylation is 2. The van der Waals surface area contributed by atoms with E-state index in [1.807, 2.05) is 0 Å². The largest absolute Gasteiger partial charge is 0.488 e. The van der Waals surface area contributed by atoms with Crippen molar-refractivity contribution in [2.24, 2.45) is 5.92 Å². The molecule has 0 radical (unpaired) electrons. The van der Waals surface area contributed by atoms with Crippen LogP contribution in [0, 0.1) is 25.6 Å². The van der Waals surface area contributed by atoms with E-state index in [0.717, 1.165) is 5.56 Å². The zero-order valence-electron chi connectivity index (χ0n) is 31.0. The number of carbonyl (C=O) groups excluding carboxylic acids is 4. The maximum atomic E-state index is 13.6. The zero-order valence-corrected chi connectivity index (χ0v) is 31.7. The number of benzene rings is 3. The standard InChI is InChI=1S/C39H39ClFN7O8/c1-20(2)33(37(52)43-22(4)34(49)44-26-13-10-24(11-14-26)18-48-38(53)30(41)17-42-39(48)54)46-35(50)25-12-15-29(40)31(16-25)45-36(51)27-8-6-7-9-32(27)55-19-28-21(3)47-56-23(28)5/h6-17,20,22,33H,18-19H2,1-5H3,(H,42,54)(H,43,52)(H,44,49)(H,45,51)(H,46,50)/t22-,33-/m0/s1. The highest BCUT2D eigenvalue weighted by atomic mass is 35.5. The van der Waals surface area contributed by atoms with Crippen LogP contribution in [-0.2, 0) is 22.7 Å². The monoisotopic (exact) mass is 787 g/mol. The Labute approximate surface area is 324 Å². The lowest BCUT2D eigenvalue weighted by Crippen LogP contribution is -2.53. The molecule has 0 aliphatic heterocycles. The number of nitrogens with zero attached hydrogens (tertiary/aromatic N) is 2. The number of anilines is 2. The Hall–Kier alpha value is -6.55. The number of carbonyl (C=O) groups is 4. The molecule has 2 aromatic heterocycles. The van der Waals surface area contributed by atoms with Crippen molar-refractivity contribution in [1.82, 2.24) is 25.3 Å². The minimum absolute atomic E-state index is 0.104. The van der Waals surface area contributed by atoms with Crippen molar-refractivity contribution in [2.75, 3.05) is 10.6 Å². The molecule has 2 atom stereocenters. The van der Waals surface area contributed by atoms with Crippen molar-refractivity contribution < 1.29 is 32.8 Å². The van der Waals surface area contributed by atoms with E-state index in [0.29, 0.717) is 39.2 Å². The van der Waals surface area contributed by atoms with Crippen molar-refractivity contribution >= 4 is 46.6 Å². The van der Waals surface area contributed by atoms with Crippen LogP contribution in [0.15, 0.2) is 87.0 Å². The molecule has 17 heteroatoms. The predicted octanol–water partition coefficient (Wildman–Crippen LogP) is 4.71. The highest BCUT2D eigenvalue weighted by molar-refractivity contribution is 6.34. The molecular weight excluding hydrogens is 749 g/mol. The molecule has 0 fully saturated rings. The number of ether oxygens (including phenoxy) is 1. The van der Waals surface area contributed by atoms with Crippen molar-refractivity contribution in [2.45, 2.75) is 59.9 Å². The highest BCUT2D eigenvalue weighted by Crippen LogP contribution is 2.27. The molecule has 0 saturated heterocycles. The number of H-pyrrole nitrogens is 1. The molecule has 5 aromatic rings. The molecule has 0 bridgehead atoms. The molecule has 292 valence electrons. The van der Waals surface area contributed by atoms with E-state index < -0.39 is 58.7 Å². The smallest absolute Gasteiger partial charge is 0.328 e. The van der Waals surface area contributed by atoms with Gasteiger partial charge in [-0.1, -0.05) is 54.9 Å². The van der Waals surface area contributed by atoms with Gasteiger partial charge in [-0.2, -0.15) is 4.39 Å². The maximum Gasteiger partial charge on any atom is 0.328 e. The van der Waals surface area contributed by atoms with Gasteiger partial charge in [0.1, 0.15) is 30.2 Å². The summed E-state index contributed by atoms with van der Waals surface area (Å²) in [4.78, 5) is 79.3. The second-order valence-corrected chi connectivity index (χ2v) is 13.6. The van der Waals surface area contributed by atoms with Gasteiger partial charge >= 0.3 is 5.69 Å². The van der Waals surface area contributed by atoms with Gasteiger partial charge in [-0.3, -0.25) is 28.5 Å². The molecule has 0 saturated carbocycles. The zero-order chi connectivity index (χ0) is 40.7. The van der Waals surface area contributed by atoms with Crippen LogP contribution in [0.25, 0.3) is 0 Å². The van der Waals surface area contributed by atoms with E-state index >= 15 is 0 Å². The summed E-state index contributed by atoms with van der Waals surface area (Å²) in [5.41, 5.74) is 0.908. The lowest BCUT2D eigenvalue weighted by Gasteiger charge is -2.24. The van der Waals surface area contributed by atoms with Crippen LogP contribution in [0.2, 0.25) is 5.02 Å². The summed E-state index contributed by atoms with van der Waals surface area (Å²) < 4.78 is 25.5. The fourth-order valence-corrected chi connectivity index (χ4v) is 5.64. The van der Waals surface area contributed by atoms with Gasteiger partial charge in [0.15, 0.2) is 0 Å². The second kappa shape index (κ2) is 17.7. The molecule has 15 nitrogen and oxygen atoms in total. The van der Waals surface area contributed by atoms with Gasteiger partial charge in [0.05, 0.1) is 34.1 Å². The first kappa shape index (κ1) is 40.6. The summed E-state index contributed by atoms with van der Waals surface area (Å²) in [7, 11) is 0. The van der Waals surface area contributed by atoms with Crippen LogP contribution in [0.3, 0.4) is 0 Å². The number of aromatic amines is 1. The Morgan fingerprint density at radius 2 is 1.64 bits per heavy atom. The van der Waals surface area contributed by atoms with Crippen LogP contribution in [0.4, 0.5) is 15.8 Å². The van der Waals surface area contributed by atoms with Gasteiger partial charge in [-0.15, -0.1) is 0 Å². The fourth-order valence-electron chi connectivity index (χ4n) is 5.47. The maximum absolute atomic E-state index is 13.6. The number of rotatable bonds is 14. The van der Waals surface area contributed by atoms with Crippen LogP contribution in [0.1, 0.15) is 64.1 Å². The Bertz CT molecular complexity index is 2370. The number of hydrogen-bond acceptors (Lipinski definition) is 9. The van der Waals surface area contributed by atoms with Gasteiger partial charge in [0, 0.05) is 17.4 Å². The lowest BCUT2D eigenvalue weighted by molar-refractivity contribution is -0.128. The Morgan fingerprint density at radius 3 is 2.32 bits per heavy atom. The third-order valence-corrected chi connectivity index (χ3v) is 9.06. The molecule has 0 unspecified atom stereocenters. The van der Waals surface area contributed by atoms with E-state index in [2.05, 4.69) is 31.4 Å². The van der Waals surface area contributed by atoms with Crippen molar-refractivity contribution in [3.63, 3.8) is 0 Å². The van der Waals surface area contributed by atoms with E-state index in [-0.39, 0.29) is 35.0 Å². The summed E-state index contributed by atoms with van der Waals surface area (Å²) in [6.45, 7) is 8.40. The van der Waals surface area contributed by atoms with Crippen LogP contribution in [0.5, 0.6) is 5.75 Å². The van der Waals surface area contributed by atoms with E-state index in [9.17, 15) is 33.2 Å². The van der Waals surface area contributed by atoms with Crippen molar-refractivity contribution in [1.29, 1.82) is 0 Å². The molecule has 0 aliphatic rings. The molecule has 4 amide bonds. The number of amides is 4. The predicted molar refractivity (Wildman–Crippen MR) is 205 cm³/mol. The third kappa shape index (κ3) is 9.75. The average molecular weight is 788 g/mol. The molecule has 0 spiro atoms. The molecule has 56 heavy (non-hydrogen) atoms. The SMILES string of the molecule is Cc1noc(C)c1COc1ccccc1C(=O)Nc1cc(C(=O)N[C@H](C(=O)N[C@@H](C)C(=O)Nc2ccc(Cn3c(=O)[nH]cc(F)c3=O)cc2)C(C)C)ccc1Cl. The molecule has 2 heterocycles. The molecule has 5 N–H and O–H groups in total. The quantitative estimate of drug-likeness (QED) is 0.106. The summed E-state index contributed by atoms with van der Waals surface area (Å²) in [6.07, 6.45) is 0.694. The minimum atomic E-state index is -1.10. The first-order valence-corrected chi connectivity index (χ1v) is 17.7. The van der Waals surface area contributed by atoms with Crippen molar-refractivity contribution in [3.8, 4) is 5.75 Å². The van der Waals surface area contributed by atoms with E-state index in [1.54, 1.807) is 64.1 Å². The summed E-state index contributed by atoms with van der Waals surface area (Å²) in [5.74, 6) is -2.94. The van der Waals surface area contributed by atoms with Gasteiger partial charge in [0.2, 0.25) is 17.6 Å². The lowest BCUT2D eigenvalue weighted by atomic mass is 10.0. The molecule has 3 aromatic carbocycles. The number of nitrogens with one attached hydrogen (secondary N) is 5. The van der Waals surface area contributed by atoms with Gasteiger partial charge in [0.25, 0.3) is 17.4 Å². The number of para-hydroxylation sites is 1. The Balaban J connectivity index is 1.19. The highest BCUT2D eigenvalue weighted by Gasteiger charge is 2.28. The topological polar surface area (TPSA) is 207 Å². The van der Waals surface area contributed by atoms with E-state index in [4.69, 9.17) is 20.9 Å². The first-order valence-electron chi connectivity index (χ1n) is 17.4. The summed E-state index contributed by atoms with van der Waals surface area (Å²) in [5, 5.41) is 14.8. The Kier molecular flexibility index (Phi) is 12.9. The Morgan fingerprint density at radius 1 is 0.929 bits per heavy atom. The van der Waals surface area contributed by atoms with Gasteiger partial charge in [-0.25, -0.2) is 4.79 Å². The number of aromatic nitrogens is 3. The second-order valence-electron chi connectivity index (χ2n) is 13.2. The number of hydrogen-bond donors (Lipinski definition) is 5. The molecule has 5 rings (SSSR count). The number of halogens is 2. The first-order chi connectivity index (χ1) is 26.6. The molecular formula is C39H39ClFN7O8. The van der Waals surface area contributed by atoms with Crippen molar-refractivity contribution in [3.05, 3.63) is 138 Å². The van der Waals surface area contributed by atoms with Crippen LogP contribution >= 0.6 is 11.6 Å². The third-order valence-electron chi connectivity index (χ3n) is 8.73. The summed E-state index contributed by atoms with van der Waals surface area (Å²) in [6, 6.07) is 14.9. The van der Waals surface area contributed by atoms with Crippen LogP contribution < -0.4 is 37.3 Å². The van der Waals surface area contributed by atoms with Gasteiger partial charge in [-0.05, 0) is 74.7 Å². The fraction of sp³-hybridized carbons (Fsp3) is 0.256. The normalized spacial score (nSPS) is 12.1. The average Bonchev–Trinajstić information content (AvgIpc) is 3.49.